The highest BCUT2D eigenvalue weighted by Crippen LogP contribution is 2.30. The summed E-state index contributed by atoms with van der Waals surface area (Å²) in [4.78, 5) is 27.9. The maximum Gasteiger partial charge on any atom is 0.224 e. The van der Waals surface area contributed by atoms with E-state index >= 15 is 0 Å². The Morgan fingerprint density at radius 1 is 1.19 bits per heavy atom. The Kier molecular flexibility index (Phi) is 6.47. The van der Waals surface area contributed by atoms with Crippen molar-refractivity contribution in [1.82, 2.24) is 4.98 Å². The maximum absolute atomic E-state index is 12.1. The van der Waals surface area contributed by atoms with Gasteiger partial charge in [-0.2, -0.15) is 0 Å². The lowest BCUT2D eigenvalue weighted by molar-refractivity contribution is -0.116. The highest BCUT2D eigenvalue weighted by molar-refractivity contribution is 8.00. The van der Waals surface area contributed by atoms with Crippen molar-refractivity contribution in [2.24, 2.45) is 0 Å². The number of fused-ring (bicyclic) bond motifs is 1. The number of rotatable bonds is 8. The van der Waals surface area contributed by atoms with E-state index in [1.807, 2.05) is 24.5 Å². The van der Waals surface area contributed by atoms with E-state index in [-0.39, 0.29) is 11.7 Å². The molecule has 0 bridgehead atoms. The first kappa shape index (κ1) is 19.4. The van der Waals surface area contributed by atoms with Gasteiger partial charge in [0.25, 0.3) is 0 Å². The monoisotopic (exact) mass is 400 g/mol. The van der Waals surface area contributed by atoms with Gasteiger partial charge in [-0.3, -0.25) is 9.59 Å². The number of aromatic nitrogens is 1. The quantitative estimate of drug-likeness (QED) is 0.327. The van der Waals surface area contributed by atoms with E-state index in [9.17, 15) is 9.59 Å². The fourth-order valence-electron chi connectivity index (χ4n) is 2.50. The Balaban J connectivity index is 1.44. The number of ketones is 1. The van der Waals surface area contributed by atoms with Crippen LogP contribution in [0.3, 0.4) is 0 Å². The van der Waals surface area contributed by atoms with Crippen LogP contribution in [-0.2, 0) is 4.79 Å². The minimum atomic E-state index is -0.0421. The van der Waals surface area contributed by atoms with Gasteiger partial charge in [-0.15, -0.1) is 11.3 Å². The van der Waals surface area contributed by atoms with Gasteiger partial charge in [0.1, 0.15) is 5.75 Å². The third-order valence-corrected chi connectivity index (χ3v) is 5.91. The van der Waals surface area contributed by atoms with Gasteiger partial charge >= 0.3 is 0 Å². The molecule has 0 aliphatic carbocycles. The molecule has 27 heavy (non-hydrogen) atoms. The third kappa shape index (κ3) is 5.30. The number of ether oxygens (including phenoxy) is 1. The number of anilines is 1. The van der Waals surface area contributed by atoms with Crippen LogP contribution >= 0.6 is 23.1 Å². The molecule has 0 spiro atoms. The first-order valence-corrected chi connectivity index (χ1v) is 10.6. The van der Waals surface area contributed by atoms with Crippen molar-refractivity contribution in [3.63, 3.8) is 0 Å². The molecular weight excluding hydrogens is 380 g/mol. The summed E-state index contributed by atoms with van der Waals surface area (Å²) in [6.07, 6.45) is 2.99. The molecular formula is C20H20N2O3S2. The third-order valence-electron chi connectivity index (χ3n) is 3.90. The van der Waals surface area contributed by atoms with E-state index in [4.69, 9.17) is 4.74 Å². The van der Waals surface area contributed by atoms with Crippen LogP contribution in [0.25, 0.3) is 10.2 Å². The summed E-state index contributed by atoms with van der Waals surface area (Å²) in [7, 11) is 0. The fraction of sp³-hybridized carbons (Fsp3) is 0.250. The minimum absolute atomic E-state index is 0.0272. The van der Waals surface area contributed by atoms with E-state index < -0.39 is 0 Å². The summed E-state index contributed by atoms with van der Waals surface area (Å²) in [6, 6.07) is 12.8. The summed E-state index contributed by atoms with van der Waals surface area (Å²) >= 11 is 3.24. The van der Waals surface area contributed by atoms with Crippen LogP contribution < -0.4 is 10.1 Å². The number of thioether (sulfide) groups is 1. The maximum atomic E-state index is 12.1. The molecule has 140 valence electrons. The van der Waals surface area contributed by atoms with Gasteiger partial charge < -0.3 is 10.1 Å². The van der Waals surface area contributed by atoms with E-state index in [1.165, 1.54) is 6.92 Å². The van der Waals surface area contributed by atoms with E-state index in [0.29, 0.717) is 30.8 Å². The lowest BCUT2D eigenvalue weighted by atomic mass is 10.1. The van der Waals surface area contributed by atoms with Crippen LogP contribution in [0.4, 0.5) is 5.69 Å². The minimum Gasteiger partial charge on any atom is -0.494 e. The van der Waals surface area contributed by atoms with Crippen LogP contribution in [-0.4, -0.2) is 29.5 Å². The topological polar surface area (TPSA) is 68.3 Å². The largest absolute Gasteiger partial charge is 0.494 e. The number of carbonyl (C=O) groups excluding carboxylic acids is 2. The van der Waals surface area contributed by atoms with Gasteiger partial charge in [0.15, 0.2) is 10.1 Å². The number of hydrogen-bond acceptors (Lipinski definition) is 6. The molecule has 3 rings (SSSR count). The molecule has 1 aromatic heterocycles. The van der Waals surface area contributed by atoms with E-state index in [1.54, 1.807) is 47.4 Å². The van der Waals surface area contributed by atoms with Gasteiger partial charge in [-0.1, -0.05) is 11.8 Å². The fourth-order valence-corrected chi connectivity index (χ4v) is 4.03. The highest BCUT2D eigenvalue weighted by Gasteiger charge is 2.07. The first-order valence-electron chi connectivity index (χ1n) is 8.53. The van der Waals surface area contributed by atoms with Gasteiger partial charge in [0.05, 0.1) is 16.8 Å². The first-order chi connectivity index (χ1) is 13.0. The lowest BCUT2D eigenvalue weighted by Crippen LogP contribution is -2.12. The molecule has 3 aromatic rings. The number of carbonyl (C=O) groups is 2. The number of Topliss-reactive ketones (excluding diaryl/α,β-unsaturated/α-hetero) is 1. The molecule has 1 N–H and O–H groups in total. The second-order valence-electron chi connectivity index (χ2n) is 5.95. The lowest BCUT2D eigenvalue weighted by Gasteiger charge is -2.07. The SMILES string of the molecule is CSc1nc2ccc(NC(=O)CCCOc3ccc(C(C)=O)cc3)cc2s1. The van der Waals surface area contributed by atoms with Gasteiger partial charge in [-0.05, 0) is 62.1 Å². The van der Waals surface area contributed by atoms with Crippen molar-refractivity contribution in [2.45, 2.75) is 24.1 Å². The molecule has 1 amide bonds. The average Bonchev–Trinajstić information content (AvgIpc) is 3.08. The zero-order valence-corrected chi connectivity index (χ0v) is 16.8. The van der Waals surface area contributed by atoms with Gasteiger partial charge in [0, 0.05) is 17.7 Å². The number of hydrogen-bond donors (Lipinski definition) is 1. The summed E-state index contributed by atoms with van der Waals surface area (Å²) in [5.41, 5.74) is 2.39. The standard InChI is InChI=1S/C20H20N2O3S2/c1-13(23)14-5-8-16(9-6-14)25-11-3-4-19(24)21-15-7-10-17-18(12-15)27-20(22-17)26-2/h5-10,12H,3-4,11H2,1-2H3,(H,21,24). The smallest absolute Gasteiger partial charge is 0.224 e. The molecule has 0 aliphatic rings. The number of thiazole rings is 1. The molecule has 0 saturated carbocycles. The van der Waals surface area contributed by atoms with Crippen LogP contribution in [0.1, 0.15) is 30.1 Å². The van der Waals surface area contributed by atoms with E-state index in [2.05, 4.69) is 10.3 Å². The predicted octanol–water partition coefficient (Wildman–Crippen LogP) is 5.02. The molecule has 0 saturated heterocycles. The van der Waals surface area contributed by atoms with Crippen LogP contribution in [0.5, 0.6) is 5.75 Å². The Labute approximate surface area is 166 Å². The molecule has 2 aromatic carbocycles. The van der Waals surface area contributed by atoms with E-state index in [0.717, 1.165) is 20.2 Å². The summed E-state index contributed by atoms with van der Waals surface area (Å²) in [6.45, 7) is 1.97. The predicted molar refractivity (Wildman–Crippen MR) is 111 cm³/mol. The Bertz CT molecular complexity index is 952. The van der Waals surface area contributed by atoms with Gasteiger partial charge in [-0.25, -0.2) is 4.98 Å². The zero-order valence-electron chi connectivity index (χ0n) is 15.2. The van der Waals surface area contributed by atoms with Crippen molar-refractivity contribution < 1.29 is 14.3 Å². The average molecular weight is 401 g/mol. The number of benzene rings is 2. The molecule has 1 heterocycles. The number of amides is 1. The van der Waals surface area contributed by atoms with Crippen molar-refractivity contribution in [3.8, 4) is 5.75 Å². The van der Waals surface area contributed by atoms with Gasteiger partial charge in [0.2, 0.25) is 5.91 Å². The second-order valence-corrected chi connectivity index (χ2v) is 8.03. The number of nitrogens with zero attached hydrogens (tertiary/aromatic N) is 1. The van der Waals surface area contributed by atoms with Crippen molar-refractivity contribution >= 4 is 50.7 Å². The van der Waals surface area contributed by atoms with Crippen LogP contribution in [0.2, 0.25) is 0 Å². The number of nitrogens with one attached hydrogen (secondary N) is 1. The molecule has 0 radical (unpaired) electrons. The zero-order chi connectivity index (χ0) is 19.2. The van der Waals surface area contributed by atoms with Crippen LogP contribution in [0.15, 0.2) is 46.8 Å². The van der Waals surface area contributed by atoms with Crippen molar-refractivity contribution in [3.05, 3.63) is 48.0 Å². The molecule has 0 fully saturated rings. The summed E-state index contributed by atoms with van der Waals surface area (Å²) < 4.78 is 7.69. The summed E-state index contributed by atoms with van der Waals surface area (Å²) in [5, 5.41) is 2.92. The molecule has 0 aliphatic heterocycles. The molecule has 5 nitrogen and oxygen atoms in total. The Morgan fingerprint density at radius 3 is 2.67 bits per heavy atom. The molecule has 0 unspecified atom stereocenters. The Morgan fingerprint density at radius 2 is 1.96 bits per heavy atom. The molecule has 7 heteroatoms. The molecule has 0 atom stereocenters. The normalized spacial score (nSPS) is 10.7. The highest BCUT2D eigenvalue weighted by atomic mass is 32.2. The second kappa shape index (κ2) is 9.01. The van der Waals surface area contributed by atoms with Crippen molar-refractivity contribution in [2.75, 3.05) is 18.2 Å². The van der Waals surface area contributed by atoms with Crippen molar-refractivity contribution in [1.29, 1.82) is 0 Å². The Hall–Kier alpha value is -2.38. The van der Waals surface area contributed by atoms with Crippen LogP contribution in [0, 0.1) is 0 Å². The summed E-state index contributed by atoms with van der Waals surface area (Å²) in [5.74, 6) is 0.680.